The highest BCUT2D eigenvalue weighted by molar-refractivity contribution is 7.11. The Hall–Kier alpha value is -1.10. The molecule has 1 saturated heterocycles. The summed E-state index contributed by atoms with van der Waals surface area (Å²) in [6.45, 7) is 15.2. The van der Waals surface area contributed by atoms with E-state index in [0.29, 0.717) is 5.41 Å². The Morgan fingerprint density at radius 1 is 1.35 bits per heavy atom. The standard InChI is InChI=1S/C15H26N4S/c1-10-12(20-11(2)18-10)8-17-13(16-7)19-9-14(3,4)15(19,5)6/h8-9H2,1-7H3,(H,16,17). The second-order valence-corrected chi connectivity index (χ2v) is 7.96. The summed E-state index contributed by atoms with van der Waals surface area (Å²) >= 11 is 1.76. The van der Waals surface area contributed by atoms with E-state index in [9.17, 15) is 0 Å². The van der Waals surface area contributed by atoms with Gasteiger partial charge in [-0.1, -0.05) is 13.8 Å². The zero-order valence-electron chi connectivity index (χ0n) is 13.7. The Bertz CT molecular complexity index is 528. The molecule has 1 aliphatic heterocycles. The minimum atomic E-state index is 0.132. The van der Waals surface area contributed by atoms with Crippen molar-refractivity contribution in [1.29, 1.82) is 0 Å². The summed E-state index contributed by atoms with van der Waals surface area (Å²) in [4.78, 5) is 12.6. The van der Waals surface area contributed by atoms with Gasteiger partial charge in [-0.15, -0.1) is 11.3 Å². The van der Waals surface area contributed by atoms with Crippen LogP contribution < -0.4 is 5.32 Å². The van der Waals surface area contributed by atoms with Gasteiger partial charge in [0.2, 0.25) is 0 Å². The van der Waals surface area contributed by atoms with Crippen LogP contribution in [-0.4, -0.2) is 35.0 Å². The molecule has 1 fully saturated rings. The summed E-state index contributed by atoms with van der Waals surface area (Å²) in [7, 11) is 1.86. The van der Waals surface area contributed by atoms with Gasteiger partial charge in [0.15, 0.2) is 5.96 Å². The highest BCUT2D eigenvalue weighted by Gasteiger charge is 2.53. The van der Waals surface area contributed by atoms with Crippen molar-refractivity contribution in [3.8, 4) is 0 Å². The topological polar surface area (TPSA) is 40.5 Å². The maximum absolute atomic E-state index is 4.47. The minimum Gasteiger partial charge on any atom is -0.351 e. The van der Waals surface area contributed by atoms with Gasteiger partial charge < -0.3 is 10.2 Å². The molecule has 0 unspecified atom stereocenters. The predicted molar refractivity (Wildman–Crippen MR) is 86.4 cm³/mol. The predicted octanol–water partition coefficient (Wildman–Crippen LogP) is 2.96. The molecule has 1 aliphatic rings. The van der Waals surface area contributed by atoms with E-state index < -0.39 is 0 Å². The molecule has 0 aliphatic carbocycles. The third kappa shape index (κ3) is 2.43. The van der Waals surface area contributed by atoms with Gasteiger partial charge in [0.05, 0.1) is 17.2 Å². The molecule has 0 amide bonds. The molecule has 112 valence electrons. The number of aryl methyl sites for hydroxylation is 2. The molecule has 1 N–H and O–H groups in total. The van der Waals surface area contributed by atoms with Gasteiger partial charge in [-0.05, 0) is 27.7 Å². The molecule has 20 heavy (non-hydrogen) atoms. The van der Waals surface area contributed by atoms with Crippen LogP contribution in [0.4, 0.5) is 0 Å². The molecule has 2 heterocycles. The number of hydrogen-bond acceptors (Lipinski definition) is 3. The minimum absolute atomic E-state index is 0.132. The Morgan fingerprint density at radius 2 is 2.00 bits per heavy atom. The van der Waals surface area contributed by atoms with Crippen molar-refractivity contribution >= 4 is 17.3 Å². The van der Waals surface area contributed by atoms with Crippen LogP contribution in [0.15, 0.2) is 4.99 Å². The molecular formula is C15H26N4S. The summed E-state index contributed by atoms with van der Waals surface area (Å²) in [6, 6.07) is 0. The summed E-state index contributed by atoms with van der Waals surface area (Å²) in [5.41, 5.74) is 1.58. The Kier molecular flexibility index (Phi) is 3.84. The summed E-state index contributed by atoms with van der Waals surface area (Å²) in [6.07, 6.45) is 0. The fourth-order valence-corrected chi connectivity index (χ4v) is 3.47. The molecule has 0 spiro atoms. The molecule has 0 radical (unpaired) electrons. The molecule has 1 aromatic rings. The SMILES string of the molecule is CN=C(NCc1sc(C)nc1C)N1CC(C)(C)C1(C)C. The lowest BCUT2D eigenvalue weighted by atomic mass is 9.65. The van der Waals surface area contributed by atoms with E-state index in [-0.39, 0.29) is 5.54 Å². The lowest BCUT2D eigenvalue weighted by Crippen LogP contribution is -2.72. The summed E-state index contributed by atoms with van der Waals surface area (Å²) < 4.78 is 0. The maximum Gasteiger partial charge on any atom is 0.194 e. The van der Waals surface area contributed by atoms with Crippen molar-refractivity contribution in [3.63, 3.8) is 0 Å². The number of likely N-dealkylation sites (tertiary alicyclic amines) is 1. The van der Waals surface area contributed by atoms with Crippen molar-refractivity contribution in [2.45, 2.75) is 53.6 Å². The van der Waals surface area contributed by atoms with Crippen molar-refractivity contribution in [3.05, 3.63) is 15.6 Å². The van der Waals surface area contributed by atoms with Crippen LogP contribution in [0.1, 0.15) is 43.3 Å². The third-order valence-corrected chi connectivity index (χ3v) is 5.83. The smallest absolute Gasteiger partial charge is 0.194 e. The van der Waals surface area contributed by atoms with E-state index in [2.05, 4.69) is 61.7 Å². The molecule has 0 bridgehead atoms. The van der Waals surface area contributed by atoms with E-state index >= 15 is 0 Å². The fourth-order valence-electron chi connectivity index (χ4n) is 2.59. The van der Waals surface area contributed by atoms with Gasteiger partial charge in [0.1, 0.15) is 0 Å². The second kappa shape index (κ2) is 5.02. The normalized spacial score (nSPS) is 20.8. The molecule has 2 rings (SSSR count). The number of guanidine groups is 1. The molecule has 1 aromatic heterocycles. The Labute approximate surface area is 126 Å². The van der Waals surface area contributed by atoms with Crippen LogP contribution in [0.3, 0.4) is 0 Å². The largest absolute Gasteiger partial charge is 0.351 e. The molecule has 0 aromatic carbocycles. The molecule has 0 saturated carbocycles. The van der Waals surface area contributed by atoms with Crippen LogP contribution in [0, 0.1) is 19.3 Å². The quantitative estimate of drug-likeness (QED) is 0.673. The van der Waals surface area contributed by atoms with Crippen molar-refractivity contribution in [2.24, 2.45) is 10.4 Å². The van der Waals surface area contributed by atoms with E-state index in [1.165, 1.54) is 4.88 Å². The second-order valence-electron chi connectivity index (χ2n) is 6.67. The van der Waals surface area contributed by atoms with Crippen LogP contribution in [0.2, 0.25) is 0 Å². The van der Waals surface area contributed by atoms with Crippen LogP contribution in [0.25, 0.3) is 0 Å². The molecular weight excluding hydrogens is 268 g/mol. The fraction of sp³-hybridized carbons (Fsp3) is 0.733. The van der Waals surface area contributed by atoms with E-state index in [1.54, 1.807) is 11.3 Å². The Morgan fingerprint density at radius 3 is 2.40 bits per heavy atom. The number of nitrogens with one attached hydrogen (secondary N) is 1. The number of rotatable bonds is 2. The average Bonchev–Trinajstić information content (AvgIpc) is 2.67. The zero-order valence-corrected chi connectivity index (χ0v) is 14.5. The van der Waals surface area contributed by atoms with Gasteiger partial charge in [0, 0.05) is 29.4 Å². The lowest BCUT2D eigenvalue weighted by molar-refractivity contribution is -0.0667. The first-order valence-electron chi connectivity index (χ1n) is 7.10. The zero-order chi connectivity index (χ0) is 15.1. The van der Waals surface area contributed by atoms with Gasteiger partial charge in [-0.3, -0.25) is 4.99 Å². The van der Waals surface area contributed by atoms with E-state index in [1.807, 2.05) is 7.05 Å². The summed E-state index contributed by atoms with van der Waals surface area (Å²) in [5, 5.41) is 4.61. The maximum atomic E-state index is 4.47. The molecule has 4 nitrogen and oxygen atoms in total. The van der Waals surface area contributed by atoms with Crippen LogP contribution in [-0.2, 0) is 6.54 Å². The van der Waals surface area contributed by atoms with Crippen molar-refractivity contribution < 1.29 is 0 Å². The Balaban J connectivity index is 2.04. The van der Waals surface area contributed by atoms with Gasteiger partial charge >= 0.3 is 0 Å². The number of thiazole rings is 1. The summed E-state index contributed by atoms with van der Waals surface area (Å²) in [5.74, 6) is 0.986. The van der Waals surface area contributed by atoms with E-state index in [4.69, 9.17) is 0 Å². The first-order chi connectivity index (χ1) is 9.19. The van der Waals surface area contributed by atoms with Crippen molar-refractivity contribution in [1.82, 2.24) is 15.2 Å². The highest BCUT2D eigenvalue weighted by atomic mass is 32.1. The first kappa shape index (κ1) is 15.3. The van der Waals surface area contributed by atoms with Gasteiger partial charge in [-0.25, -0.2) is 4.98 Å². The van der Waals surface area contributed by atoms with Crippen molar-refractivity contribution in [2.75, 3.05) is 13.6 Å². The monoisotopic (exact) mass is 294 g/mol. The van der Waals surface area contributed by atoms with E-state index in [0.717, 1.165) is 29.8 Å². The number of aromatic nitrogens is 1. The third-order valence-electron chi connectivity index (χ3n) is 4.76. The average molecular weight is 294 g/mol. The highest BCUT2D eigenvalue weighted by Crippen LogP contribution is 2.46. The number of hydrogen-bond donors (Lipinski definition) is 1. The molecule has 5 heteroatoms. The number of nitrogens with zero attached hydrogens (tertiary/aromatic N) is 3. The lowest BCUT2D eigenvalue weighted by Gasteiger charge is -2.62. The first-order valence-corrected chi connectivity index (χ1v) is 7.92. The van der Waals surface area contributed by atoms with Gasteiger partial charge in [-0.2, -0.15) is 0 Å². The number of aliphatic imine (C=N–C) groups is 1. The van der Waals surface area contributed by atoms with Crippen LogP contribution >= 0.6 is 11.3 Å². The molecule has 0 atom stereocenters. The van der Waals surface area contributed by atoms with Crippen LogP contribution in [0.5, 0.6) is 0 Å². The van der Waals surface area contributed by atoms with Gasteiger partial charge in [0.25, 0.3) is 0 Å².